The van der Waals surface area contributed by atoms with Crippen molar-refractivity contribution in [2.24, 2.45) is 11.7 Å². The number of nitrogens with one attached hydrogen (secondary N) is 1. The molecule has 226 valence electrons. The topological polar surface area (TPSA) is 115 Å². The molecule has 0 bridgehead atoms. The SMILES string of the molecule is NC(=O)C1CCN(CCCOc2cc(CNc3nc4ccccc4n3[C@H]3CC[C@@H](CO)O3)ccc2-c2ccccc2)CC1. The molecule has 9 nitrogen and oxygen atoms in total. The minimum atomic E-state index is -0.176. The lowest BCUT2D eigenvalue weighted by molar-refractivity contribution is -0.123. The number of imidazole rings is 1. The summed E-state index contributed by atoms with van der Waals surface area (Å²) in [5, 5.41) is 13.2. The smallest absolute Gasteiger partial charge is 0.220 e. The van der Waals surface area contributed by atoms with E-state index in [1.165, 1.54) is 0 Å². The summed E-state index contributed by atoms with van der Waals surface area (Å²) in [7, 11) is 0. The maximum absolute atomic E-state index is 11.5. The maximum atomic E-state index is 11.5. The van der Waals surface area contributed by atoms with E-state index in [0.717, 1.165) is 91.2 Å². The molecule has 1 amide bonds. The van der Waals surface area contributed by atoms with Gasteiger partial charge in [-0.05, 0) is 74.5 Å². The van der Waals surface area contributed by atoms with Gasteiger partial charge in [0.2, 0.25) is 11.9 Å². The molecule has 6 rings (SSSR count). The van der Waals surface area contributed by atoms with E-state index >= 15 is 0 Å². The van der Waals surface area contributed by atoms with Crippen molar-refractivity contribution in [3.8, 4) is 16.9 Å². The first-order valence-corrected chi connectivity index (χ1v) is 15.4. The summed E-state index contributed by atoms with van der Waals surface area (Å²) >= 11 is 0. The number of ether oxygens (including phenoxy) is 2. The van der Waals surface area contributed by atoms with Crippen LogP contribution < -0.4 is 15.8 Å². The van der Waals surface area contributed by atoms with Crippen LogP contribution >= 0.6 is 0 Å². The largest absolute Gasteiger partial charge is 0.493 e. The minimum Gasteiger partial charge on any atom is -0.493 e. The normalized spacial score (nSPS) is 19.6. The third-order valence-corrected chi connectivity index (χ3v) is 8.62. The molecular weight excluding hydrogens is 542 g/mol. The summed E-state index contributed by atoms with van der Waals surface area (Å²) < 4.78 is 14.7. The summed E-state index contributed by atoms with van der Waals surface area (Å²) in [5.74, 6) is 1.44. The third-order valence-electron chi connectivity index (χ3n) is 8.62. The number of aliphatic hydroxyl groups excluding tert-OH is 1. The van der Waals surface area contributed by atoms with Crippen LogP contribution in [-0.2, 0) is 16.1 Å². The van der Waals surface area contributed by atoms with Crippen molar-refractivity contribution in [3.63, 3.8) is 0 Å². The minimum absolute atomic E-state index is 0.0110. The number of carbonyl (C=O) groups is 1. The molecule has 2 aliphatic heterocycles. The van der Waals surface area contributed by atoms with Crippen molar-refractivity contribution in [1.29, 1.82) is 0 Å². The zero-order chi connectivity index (χ0) is 29.6. The molecule has 0 saturated carbocycles. The number of anilines is 1. The van der Waals surface area contributed by atoms with Gasteiger partial charge in [-0.2, -0.15) is 0 Å². The number of fused-ring (bicyclic) bond motifs is 1. The van der Waals surface area contributed by atoms with E-state index < -0.39 is 0 Å². The number of hydrogen-bond acceptors (Lipinski definition) is 7. The van der Waals surface area contributed by atoms with Gasteiger partial charge >= 0.3 is 0 Å². The molecule has 0 radical (unpaired) electrons. The van der Waals surface area contributed by atoms with E-state index in [9.17, 15) is 9.90 Å². The Labute approximate surface area is 252 Å². The third kappa shape index (κ3) is 6.85. The van der Waals surface area contributed by atoms with E-state index in [1.54, 1.807) is 0 Å². The number of rotatable bonds is 12. The van der Waals surface area contributed by atoms with Crippen LogP contribution in [0.25, 0.3) is 22.2 Å². The first kappa shape index (κ1) is 29.2. The van der Waals surface area contributed by atoms with Gasteiger partial charge in [-0.25, -0.2) is 4.98 Å². The summed E-state index contributed by atoms with van der Waals surface area (Å²) in [4.78, 5) is 18.8. The lowest BCUT2D eigenvalue weighted by Gasteiger charge is -2.30. The molecule has 4 N–H and O–H groups in total. The summed E-state index contributed by atoms with van der Waals surface area (Å²) in [6, 6.07) is 24.8. The predicted molar refractivity (Wildman–Crippen MR) is 168 cm³/mol. The highest BCUT2D eigenvalue weighted by atomic mass is 16.5. The van der Waals surface area contributed by atoms with Crippen molar-refractivity contribution in [1.82, 2.24) is 14.5 Å². The van der Waals surface area contributed by atoms with Crippen LogP contribution in [0.15, 0.2) is 72.8 Å². The van der Waals surface area contributed by atoms with E-state index in [0.29, 0.717) is 13.2 Å². The Balaban J connectivity index is 1.15. The predicted octanol–water partition coefficient (Wildman–Crippen LogP) is 4.95. The van der Waals surface area contributed by atoms with Gasteiger partial charge < -0.3 is 30.5 Å². The van der Waals surface area contributed by atoms with E-state index in [2.05, 4.69) is 51.2 Å². The summed E-state index contributed by atoms with van der Waals surface area (Å²) in [6.07, 6.45) is 3.91. The quantitative estimate of drug-likeness (QED) is 0.202. The molecule has 43 heavy (non-hydrogen) atoms. The van der Waals surface area contributed by atoms with E-state index in [1.807, 2.05) is 36.4 Å². The Kier molecular flexibility index (Phi) is 9.21. The summed E-state index contributed by atoms with van der Waals surface area (Å²) in [5.41, 5.74) is 10.7. The molecule has 0 unspecified atom stereocenters. The number of para-hydroxylation sites is 2. The molecule has 3 heterocycles. The van der Waals surface area contributed by atoms with Crippen molar-refractivity contribution in [3.05, 3.63) is 78.4 Å². The number of nitrogens with zero attached hydrogens (tertiary/aromatic N) is 3. The molecule has 2 saturated heterocycles. The van der Waals surface area contributed by atoms with Gasteiger partial charge in [0, 0.05) is 24.6 Å². The van der Waals surface area contributed by atoms with Gasteiger partial charge in [-0.3, -0.25) is 9.36 Å². The number of primary amides is 1. The van der Waals surface area contributed by atoms with Crippen LogP contribution in [0.5, 0.6) is 5.75 Å². The van der Waals surface area contributed by atoms with E-state index in [-0.39, 0.29) is 30.8 Å². The average molecular weight is 584 g/mol. The first-order chi connectivity index (χ1) is 21.1. The highest BCUT2D eigenvalue weighted by Gasteiger charge is 2.29. The molecule has 2 atom stereocenters. The fourth-order valence-electron chi connectivity index (χ4n) is 6.22. The second-order valence-corrected chi connectivity index (χ2v) is 11.5. The van der Waals surface area contributed by atoms with Gasteiger partial charge in [-0.1, -0.05) is 54.6 Å². The Morgan fingerprint density at radius 2 is 1.81 bits per heavy atom. The van der Waals surface area contributed by atoms with Crippen LogP contribution in [0.4, 0.5) is 5.95 Å². The second kappa shape index (κ2) is 13.6. The van der Waals surface area contributed by atoms with Gasteiger partial charge in [0.15, 0.2) is 0 Å². The Bertz CT molecular complexity index is 1520. The highest BCUT2D eigenvalue weighted by molar-refractivity contribution is 5.79. The molecule has 0 aliphatic carbocycles. The standard InChI is InChI=1S/C34H41N5O4/c35-33(41)26-15-18-38(19-16-26)17-6-20-42-31-21-24(11-13-28(31)25-7-2-1-3-8-25)22-36-34-37-29-9-4-5-10-30(29)39(34)32-14-12-27(23-40)43-32/h1-5,7-11,13,21,26-27,32,40H,6,12,14-20,22-23H2,(H2,35,41)(H,36,37)/t27-,32+/m0/s1. The van der Waals surface area contributed by atoms with Gasteiger partial charge in [0.25, 0.3) is 0 Å². The van der Waals surface area contributed by atoms with Crippen LogP contribution in [-0.4, -0.2) is 64.4 Å². The number of hydrogen-bond donors (Lipinski definition) is 3. The van der Waals surface area contributed by atoms with Crippen molar-refractivity contribution < 1.29 is 19.4 Å². The molecule has 2 fully saturated rings. The average Bonchev–Trinajstić information content (AvgIpc) is 3.67. The van der Waals surface area contributed by atoms with Gasteiger partial charge in [0.1, 0.15) is 12.0 Å². The van der Waals surface area contributed by atoms with Crippen molar-refractivity contribution in [2.45, 2.75) is 51.0 Å². The molecule has 3 aromatic carbocycles. The number of carbonyl (C=O) groups excluding carboxylic acids is 1. The van der Waals surface area contributed by atoms with E-state index in [4.69, 9.17) is 20.2 Å². The number of likely N-dealkylation sites (tertiary alicyclic amines) is 1. The Morgan fingerprint density at radius 3 is 2.58 bits per heavy atom. The number of benzene rings is 3. The van der Waals surface area contributed by atoms with Gasteiger partial charge in [0.05, 0.1) is 30.4 Å². The number of nitrogens with two attached hydrogens (primary N) is 1. The number of amides is 1. The molecule has 1 aromatic heterocycles. The fourth-order valence-corrected chi connectivity index (χ4v) is 6.22. The van der Waals surface area contributed by atoms with Crippen LogP contribution in [0.3, 0.4) is 0 Å². The Hall–Kier alpha value is -3.92. The van der Waals surface area contributed by atoms with Crippen LogP contribution in [0.2, 0.25) is 0 Å². The van der Waals surface area contributed by atoms with Gasteiger partial charge in [-0.15, -0.1) is 0 Å². The zero-order valence-electron chi connectivity index (χ0n) is 24.5. The zero-order valence-corrected chi connectivity index (χ0v) is 24.5. The Morgan fingerprint density at radius 1 is 1.02 bits per heavy atom. The van der Waals surface area contributed by atoms with Crippen LogP contribution in [0.1, 0.15) is 43.9 Å². The molecule has 2 aliphatic rings. The van der Waals surface area contributed by atoms with Crippen molar-refractivity contribution >= 4 is 22.9 Å². The monoisotopic (exact) mass is 583 g/mol. The fraction of sp³-hybridized carbons (Fsp3) is 0.412. The summed E-state index contributed by atoms with van der Waals surface area (Å²) in [6.45, 7) is 3.94. The van der Waals surface area contributed by atoms with Crippen molar-refractivity contribution in [2.75, 3.05) is 38.2 Å². The highest BCUT2D eigenvalue weighted by Crippen LogP contribution is 2.35. The number of aliphatic hydroxyl groups is 1. The molecule has 9 heteroatoms. The number of aromatic nitrogens is 2. The molecule has 4 aromatic rings. The maximum Gasteiger partial charge on any atom is 0.220 e. The first-order valence-electron chi connectivity index (χ1n) is 15.4. The lowest BCUT2D eigenvalue weighted by atomic mass is 9.96. The number of piperidine rings is 1. The second-order valence-electron chi connectivity index (χ2n) is 11.5. The van der Waals surface area contributed by atoms with Crippen LogP contribution in [0, 0.1) is 5.92 Å². The molecule has 0 spiro atoms. The lowest BCUT2D eigenvalue weighted by Crippen LogP contribution is -2.39. The molecular formula is C34H41N5O4.